The Morgan fingerprint density at radius 3 is 2.63 bits per heavy atom. The molecule has 0 aliphatic heterocycles. The van der Waals surface area contributed by atoms with Crippen molar-refractivity contribution in [3.63, 3.8) is 0 Å². The van der Waals surface area contributed by atoms with Gasteiger partial charge in [-0.2, -0.15) is 0 Å². The number of ether oxygens (including phenoxy) is 2. The van der Waals surface area contributed by atoms with Crippen LogP contribution < -0.4 is 4.74 Å². The summed E-state index contributed by atoms with van der Waals surface area (Å²) in [6.07, 6.45) is 1.91. The van der Waals surface area contributed by atoms with Gasteiger partial charge in [-0.1, -0.05) is 46.2 Å². The molecule has 0 amide bonds. The molecule has 0 heterocycles. The van der Waals surface area contributed by atoms with Gasteiger partial charge in [-0.3, -0.25) is 0 Å². The lowest BCUT2D eigenvalue weighted by Gasteiger charge is -2.19. The number of unbranched alkanes of at least 4 members (excludes halogenated alkanes) is 1. The number of carbonyl (C=O) groups excluding carboxylic acids is 1. The van der Waals surface area contributed by atoms with Gasteiger partial charge in [0.2, 0.25) is 0 Å². The molecule has 0 radical (unpaired) electrons. The van der Waals surface area contributed by atoms with E-state index in [1.807, 2.05) is 18.2 Å². The predicted molar refractivity (Wildman–Crippen MR) is 76.5 cm³/mol. The van der Waals surface area contributed by atoms with Crippen LogP contribution in [-0.2, 0) is 14.9 Å². The highest BCUT2D eigenvalue weighted by molar-refractivity contribution is 5.71. The van der Waals surface area contributed by atoms with E-state index in [4.69, 9.17) is 9.47 Å². The number of hydrogen-bond acceptors (Lipinski definition) is 3. The van der Waals surface area contributed by atoms with Gasteiger partial charge in [0, 0.05) is 0 Å². The molecule has 1 rings (SSSR count). The van der Waals surface area contributed by atoms with E-state index in [2.05, 4.69) is 33.8 Å². The summed E-state index contributed by atoms with van der Waals surface area (Å²) in [5, 5.41) is 0. The van der Waals surface area contributed by atoms with Crippen LogP contribution in [0.4, 0.5) is 0 Å². The van der Waals surface area contributed by atoms with Gasteiger partial charge >= 0.3 is 5.97 Å². The molecule has 3 heteroatoms. The van der Waals surface area contributed by atoms with Crippen molar-refractivity contribution in [2.45, 2.75) is 46.0 Å². The van der Waals surface area contributed by atoms with Crippen molar-refractivity contribution in [3.05, 3.63) is 29.8 Å². The molecule has 0 N–H and O–H groups in total. The molecule has 3 nitrogen and oxygen atoms in total. The lowest BCUT2D eigenvalue weighted by molar-refractivity contribution is -0.146. The molecule has 19 heavy (non-hydrogen) atoms. The highest BCUT2D eigenvalue weighted by Crippen LogP contribution is 2.25. The van der Waals surface area contributed by atoms with E-state index in [0.717, 1.165) is 12.8 Å². The second-order valence-corrected chi connectivity index (χ2v) is 5.64. The van der Waals surface area contributed by atoms with E-state index >= 15 is 0 Å². The second kappa shape index (κ2) is 7.17. The number of hydrogen-bond donors (Lipinski definition) is 0. The lowest BCUT2D eigenvalue weighted by atomic mass is 9.87. The molecule has 0 aromatic heterocycles. The van der Waals surface area contributed by atoms with Gasteiger partial charge in [0.1, 0.15) is 5.75 Å². The zero-order valence-electron chi connectivity index (χ0n) is 12.4. The van der Waals surface area contributed by atoms with E-state index in [1.54, 1.807) is 0 Å². The molecule has 0 bridgehead atoms. The van der Waals surface area contributed by atoms with Crippen LogP contribution in [0, 0.1) is 0 Å². The van der Waals surface area contributed by atoms with Crippen LogP contribution in [-0.4, -0.2) is 19.2 Å². The van der Waals surface area contributed by atoms with Gasteiger partial charge < -0.3 is 9.47 Å². The van der Waals surface area contributed by atoms with Crippen molar-refractivity contribution in [3.8, 4) is 5.75 Å². The SMILES string of the molecule is CCCCOC(=O)COc1cccc(C(C)(C)C)c1. The van der Waals surface area contributed by atoms with Crippen molar-refractivity contribution >= 4 is 5.97 Å². The van der Waals surface area contributed by atoms with E-state index < -0.39 is 0 Å². The minimum absolute atomic E-state index is 0.0304. The molecule has 106 valence electrons. The van der Waals surface area contributed by atoms with Gasteiger partial charge in [-0.15, -0.1) is 0 Å². The average molecular weight is 264 g/mol. The largest absolute Gasteiger partial charge is 0.482 e. The van der Waals surface area contributed by atoms with Crippen molar-refractivity contribution < 1.29 is 14.3 Å². The lowest BCUT2D eigenvalue weighted by Crippen LogP contribution is -2.16. The van der Waals surface area contributed by atoms with Gasteiger partial charge in [0.05, 0.1) is 6.61 Å². The third-order valence-corrected chi connectivity index (χ3v) is 2.82. The maximum absolute atomic E-state index is 11.4. The normalized spacial score (nSPS) is 11.2. The second-order valence-electron chi connectivity index (χ2n) is 5.64. The third-order valence-electron chi connectivity index (χ3n) is 2.82. The first kappa shape index (κ1) is 15.5. The molecule has 1 aromatic carbocycles. The standard InChI is InChI=1S/C16H24O3/c1-5-6-10-18-15(17)12-19-14-9-7-8-13(11-14)16(2,3)4/h7-9,11H,5-6,10,12H2,1-4H3. The Kier molecular flexibility index (Phi) is 5.87. The first-order valence-electron chi connectivity index (χ1n) is 6.82. The number of carbonyl (C=O) groups is 1. The van der Waals surface area contributed by atoms with Crippen LogP contribution in [0.5, 0.6) is 5.75 Å². The third kappa shape index (κ3) is 5.77. The summed E-state index contributed by atoms with van der Waals surface area (Å²) in [7, 11) is 0. The van der Waals surface area contributed by atoms with Crippen LogP contribution in [0.1, 0.15) is 46.1 Å². The molecule has 1 aromatic rings. The molecular formula is C16H24O3. The molecular weight excluding hydrogens is 240 g/mol. The Balaban J connectivity index is 2.47. The molecule has 0 aliphatic carbocycles. The molecule has 0 atom stereocenters. The summed E-state index contributed by atoms with van der Waals surface area (Å²) in [4.78, 5) is 11.4. The van der Waals surface area contributed by atoms with E-state index in [1.165, 1.54) is 5.56 Å². The van der Waals surface area contributed by atoms with Crippen molar-refractivity contribution in [2.75, 3.05) is 13.2 Å². The number of benzene rings is 1. The van der Waals surface area contributed by atoms with E-state index in [9.17, 15) is 4.79 Å². The van der Waals surface area contributed by atoms with Crippen LogP contribution in [0.25, 0.3) is 0 Å². The van der Waals surface area contributed by atoms with Crippen LogP contribution in [0.2, 0.25) is 0 Å². The number of rotatable bonds is 6. The fourth-order valence-electron chi connectivity index (χ4n) is 1.57. The Morgan fingerprint density at radius 1 is 1.26 bits per heavy atom. The van der Waals surface area contributed by atoms with Gasteiger partial charge in [0.25, 0.3) is 0 Å². The van der Waals surface area contributed by atoms with Gasteiger partial charge in [-0.25, -0.2) is 4.79 Å². The fraction of sp³-hybridized carbons (Fsp3) is 0.562. The van der Waals surface area contributed by atoms with Crippen molar-refractivity contribution in [2.24, 2.45) is 0 Å². The van der Waals surface area contributed by atoms with Crippen LogP contribution in [0.3, 0.4) is 0 Å². The first-order valence-corrected chi connectivity index (χ1v) is 6.82. The Hall–Kier alpha value is -1.51. The van der Waals surface area contributed by atoms with E-state index in [-0.39, 0.29) is 18.0 Å². The molecule has 0 unspecified atom stereocenters. The average Bonchev–Trinajstić information content (AvgIpc) is 2.36. The maximum atomic E-state index is 11.4. The molecule has 0 saturated carbocycles. The molecule has 0 aliphatic rings. The predicted octanol–water partition coefficient (Wildman–Crippen LogP) is 3.71. The highest BCUT2D eigenvalue weighted by atomic mass is 16.6. The van der Waals surface area contributed by atoms with Gasteiger partial charge in [-0.05, 0) is 29.5 Å². The minimum atomic E-state index is -0.311. The Morgan fingerprint density at radius 2 is 2.00 bits per heavy atom. The Bertz CT molecular complexity index is 405. The Labute approximate surface area is 115 Å². The summed E-state index contributed by atoms with van der Waals surface area (Å²) < 4.78 is 10.5. The maximum Gasteiger partial charge on any atom is 0.344 e. The highest BCUT2D eigenvalue weighted by Gasteiger charge is 2.14. The summed E-state index contributed by atoms with van der Waals surface area (Å²) in [5.74, 6) is 0.398. The summed E-state index contributed by atoms with van der Waals surface area (Å²) in [6.45, 7) is 8.93. The first-order chi connectivity index (χ1) is 8.93. The monoisotopic (exact) mass is 264 g/mol. The molecule has 0 spiro atoms. The fourth-order valence-corrected chi connectivity index (χ4v) is 1.57. The van der Waals surface area contributed by atoms with E-state index in [0.29, 0.717) is 12.4 Å². The molecule has 0 saturated heterocycles. The quantitative estimate of drug-likeness (QED) is 0.580. The van der Waals surface area contributed by atoms with Crippen molar-refractivity contribution in [1.29, 1.82) is 0 Å². The van der Waals surface area contributed by atoms with Gasteiger partial charge in [0.15, 0.2) is 6.61 Å². The zero-order chi connectivity index (χ0) is 14.3. The number of esters is 1. The topological polar surface area (TPSA) is 35.5 Å². The summed E-state index contributed by atoms with van der Waals surface area (Å²) in [5.41, 5.74) is 1.26. The summed E-state index contributed by atoms with van der Waals surface area (Å²) >= 11 is 0. The zero-order valence-corrected chi connectivity index (χ0v) is 12.4. The van der Waals surface area contributed by atoms with Crippen molar-refractivity contribution in [1.82, 2.24) is 0 Å². The smallest absolute Gasteiger partial charge is 0.344 e. The van der Waals surface area contributed by atoms with Crippen LogP contribution in [0.15, 0.2) is 24.3 Å². The molecule has 0 fully saturated rings. The van der Waals surface area contributed by atoms with Crippen LogP contribution >= 0.6 is 0 Å². The summed E-state index contributed by atoms with van der Waals surface area (Å²) in [6, 6.07) is 7.83. The minimum Gasteiger partial charge on any atom is -0.482 e.